The molecule has 0 aromatic carbocycles. The van der Waals surface area contributed by atoms with Crippen molar-refractivity contribution in [3.63, 3.8) is 0 Å². The molecule has 4 nitrogen and oxygen atoms in total. The molecule has 0 bridgehead atoms. The molecule has 1 rings (SSSR count). The van der Waals surface area contributed by atoms with E-state index in [1.54, 1.807) is 14.0 Å². The highest BCUT2D eigenvalue weighted by atomic mass is 35.5. The number of unbranched alkanes of at least 4 members (excludes halogenated alkanes) is 1. The monoisotopic (exact) mass is 279 g/mol. The van der Waals surface area contributed by atoms with Crippen LogP contribution in [-0.2, 0) is 15.9 Å². The third kappa shape index (κ3) is 3.24. The topological polar surface area (TPSA) is 50.5 Å². The van der Waals surface area contributed by atoms with Gasteiger partial charge < -0.3 is 4.42 Å². The van der Waals surface area contributed by atoms with E-state index >= 15 is 0 Å². The van der Waals surface area contributed by atoms with Gasteiger partial charge >= 0.3 is 0 Å². The maximum absolute atomic E-state index is 12.2. The average Bonchev–Trinajstić information content (AvgIpc) is 2.67. The number of sulfonamides is 1. The predicted molar refractivity (Wildman–Crippen MR) is 67.7 cm³/mol. The number of rotatable bonds is 6. The van der Waals surface area contributed by atoms with Gasteiger partial charge in [-0.2, -0.15) is 0 Å². The zero-order chi connectivity index (χ0) is 13.1. The summed E-state index contributed by atoms with van der Waals surface area (Å²) < 4.78 is 31.0. The highest BCUT2D eigenvalue weighted by molar-refractivity contribution is 7.89. The Morgan fingerprint density at radius 2 is 2.12 bits per heavy atom. The summed E-state index contributed by atoms with van der Waals surface area (Å²) in [5.74, 6) is 1.05. The normalized spacial score (nSPS) is 12.3. The number of aryl methyl sites for hydroxylation is 1. The molecule has 0 unspecified atom stereocenters. The van der Waals surface area contributed by atoms with Gasteiger partial charge in [-0.1, -0.05) is 13.3 Å². The molecular formula is C11H18ClNO3S. The molecule has 98 valence electrons. The molecule has 0 spiro atoms. The number of furan rings is 1. The summed E-state index contributed by atoms with van der Waals surface area (Å²) in [6.45, 7) is 4.17. The van der Waals surface area contributed by atoms with Gasteiger partial charge in [0, 0.05) is 19.7 Å². The minimum atomic E-state index is -3.45. The van der Waals surface area contributed by atoms with Crippen molar-refractivity contribution < 1.29 is 12.8 Å². The van der Waals surface area contributed by atoms with E-state index in [9.17, 15) is 8.42 Å². The fourth-order valence-corrected chi connectivity index (χ4v) is 3.04. The molecule has 0 saturated heterocycles. The van der Waals surface area contributed by atoms with Crippen molar-refractivity contribution in [3.05, 3.63) is 17.6 Å². The molecular weight excluding hydrogens is 262 g/mol. The van der Waals surface area contributed by atoms with Gasteiger partial charge in [0.15, 0.2) is 0 Å². The van der Waals surface area contributed by atoms with Crippen molar-refractivity contribution in [1.29, 1.82) is 0 Å². The fourth-order valence-electron chi connectivity index (χ4n) is 1.52. The van der Waals surface area contributed by atoms with Crippen LogP contribution in [0.3, 0.4) is 0 Å². The second kappa shape index (κ2) is 5.89. The van der Waals surface area contributed by atoms with Crippen LogP contribution >= 0.6 is 11.6 Å². The lowest BCUT2D eigenvalue weighted by molar-refractivity contribution is 0.453. The zero-order valence-corrected chi connectivity index (χ0v) is 11.9. The molecule has 0 amide bonds. The van der Waals surface area contributed by atoms with Crippen LogP contribution in [0.25, 0.3) is 0 Å². The number of alkyl halides is 1. The largest absolute Gasteiger partial charge is 0.464 e. The molecule has 17 heavy (non-hydrogen) atoms. The Morgan fingerprint density at radius 1 is 1.47 bits per heavy atom. The van der Waals surface area contributed by atoms with E-state index in [4.69, 9.17) is 16.0 Å². The van der Waals surface area contributed by atoms with Gasteiger partial charge in [-0.25, -0.2) is 12.7 Å². The highest BCUT2D eigenvalue weighted by Crippen LogP contribution is 2.24. The minimum absolute atomic E-state index is 0.176. The van der Waals surface area contributed by atoms with Gasteiger partial charge in [0.1, 0.15) is 16.4 Å². The van der Waals surface area contributed by atoms with Gasteiger partial charge in [-0.15, -0.1) is 11.6 Å². The number of hydrogen-bond donors (Lipinski definition) is 0. The predicted octanol–water partition coefficient (Wildman–Crippen LogP) is 2.75. The molecule has 1 heterocycles. The molecule has 6 heteroatoms. The first-order chi connectivity index (χ1) is 7.93. The molecule has 0 N–H and O–H groups in total. The Kier molecular flexibility index (Phi) is 5.04. The third-order valence-electron chi connectivity index (χ3n) is 2.57. The van der Waals surface area contributed by atoms with Crippen LogP contribution in [0.1, 0.15) is 31.3 Å². The first-order valence-electron chi connectivity index (χ1n) is 5.55. The number of halogens is 1. The van der Waals surface area contributed by atoms with Gasteiger partial charge in [-0.3, -0.25) is 0 Å². The molecule has 0 aliphatic carbocycles. The van der Waals surface area contributed by atoms with Gasteiger partial charge in [0.2, 0.25) is 10.0 Å². The number of hydrogen-bond acceptors (Lipinski definition) is 3. The Labute approximate surface area is 108 Å². The Morgan fingerprint density at radius 3 is 2.59 bits per heavy atom. The maximum Gasteiger partial charge on any atom is 0.246 e. The minimum Gasteiger partial charge on any atom is -0.464 e. The SMILES string of the molecule is CCCCN(C)S(=O)(=O)c1cc(CCl)oc1C. The summed E-state index contributed by atoms with van der Waals surface area (Å²) in [6.07, 6.45) is 1.80. The van der Waals surface area contributed by atoms with E-state index in [1.165, 1.54) is 10.4 Å². The molecule has 0 fully saturated rings. The molecule has 1 aromatic heterocycles. The summed E-state index contributed by atoms with van der Waals surface area (Å²) in [7, 11) is -1.87. The highest BCUT2D eigenvalue weighted by Gasteiger charge is 2.25. The van der Waals surface area contributed by atoms with E-state index < -0.39 is 10.0 Å². The van der Waals surface area contributed by atoms with Crippen molar-refractivity contribution in [2.45, 2.75) is 37.5 Å². The standard InChI is InChI=1S/C11H18ClNO3S/c1-4-5-6-13(3)17(14,15)11-7-10(8-12)16-9(11)2/h7H,4-6,8H2,1-3H3. The molecule has 0 saturated carbocycles. The molecule has 0 radical (unpaired) electrons. The molecule has 1 aromatic rings. The lowest BCUT2D eigenvalue weighted by Gasteiger charge is -2.15. The van der Waals surface area contributed by atoms with E-state index in [0.717, 1.165) is 12.8 Å². The third-order valence-corrected chi connectivity index (χ3v) is 4.80. The smallest absolute Gasteiger partial charge is 0.246 e. The second-order valence-corrected chi connectivity index (χ2v) is 6.23. The summed E-state index contributed by atoms with van der Waals surface area (Å²) in [6, 6.07) is 1.50. The fraction of sp³-hybridized carbons (Fsp3) is 0.636. The molecule has 0 atom stereocenters. The summed E-state index contributed by atoms with van der Waals surface area (Å²) >= 11 is 5.62. The van der Waals surface area contributed by atoms with Crippen LogP contribution in [0.2, 0.25) is 0 Å². The van der Waals surface area contributed by atoms with E-state index in [0.29, 0.717) is 18.1 Å². The van der Waals surface area contributed by atoms with Crippen LogP contribution in [0.5, 0.6) is 0 Å². The molecule has 0 aliphatic rings. The Bertz CT molecular complexity index is 467. The van der Waals surface area contributed by atoms with Crippen molar-refractivity contribution in [3.8, 4) is 0 Å². The number of nitrogens with zero attached hydrogens (tertiary/aromatic N) is 1. The van der Waals surface area contributed by atoms with Gasteiger partial charge in [-0.05, 0) is 13.3 Å². The first-order valence-corrected chi connectivity index (χ1v) is 7.52. The lowest BCUT2D eigenvalue weighted by Crippen LogP contribution is -2.28. The second-order valence-electron chi connectivity index (χ2n) is 3.95. The van der Waals surface area contributed by atoms with E-state index in [1.807, 2.05) is 6.92 Å². The Hall–Kier alpha value is -0.520. The quantitative estimate of drug-likeness (QED) is 0.753. The van der Waals surface area contributed by atoms with Crippen molar-refractivity contribution in [1.82, 2.24) is 4.31 Å². The van der Waals surface area contributed by atoms with Gasteiger partial charge in [0.05, 0.1) is 5.88 Å². The van der Waals surface area contributed by atoms with Crippen LogP contribution in [0.15, 0.2) is 15.4 Å². The van der Waals surface area contributed by atoms with Gasteiger partial charge in [0.25, 0.3) is 0 Å². The molecule has 0 aliphatic heterocycles. The van der Waals surface area contributed by atoms with E-state index in [2.05, 4.69) is 0 Å². The summed E-state index contributed by atoms with van der Waals surface area (Å²) in [4.78, 5) is 0.215. The summed E-state index contributed by atoms with van der Waals surface area (Å²) in [5.41, 5.74) is 0. The summed E-state index contributed by atoms with van der Waals surface area (Å²) in [5, 5.41) is 0. The zero-order valence-electron chi connectivity index (χ0n) is 10.4. The van der Waals surface area contributed by atoms with Crippen LogP contribution in [0.4, 0.5) is 0 Å². The Balaban J connectivity index is 2.99. The van der Waals surface area contributed by atoms with Crippen molar-refractivity contribution in [2.24, 2.45) is 0 Å². The maximum atomic E-state index is 12.2. The lowest BCUT2D eigenvalue weighted by atomic mass is 10.3. The van der Waals surface area contributed by atoms with Crippen molar-refractivity contribution >= 4 is 21.6 Å². The van der Waals surface area contributed by atoms with Crippen LogP contribution in [-0.4, -0.2) is 26.3 Å². The van der Waals surface area contributed by atoms with Crippen molar-refractivity contribution in [2.75, 3.05) is 13.6 Å². The van der Waals surface area contributed by atoms with Crippen LogP contribution < -0.4 is 0 Å². The first kappa shape index (κ1) is 14.5. The van der Waals surface area contributed by atoms with E-state index in [-0.39, 0.29) is 10.8 Å². The van der Waals surface area contributed by atoms with Crippen LogP contribution in [0, 0.1) is 6.92 Å². The average molecular weight is 280 g/mol.